The predicted molar refractivity (Wildman–Crippen MR) is 82.8 cm³/mol. The highest BCUT2D eigenvalue weighted by Gasteiger charge is 2.48. The van der Waals surface area contributed by atoms with Crippen LogP contribution in [0.2, 0.25) is 10.0 Å². The first-order valence-electron chi connectivity index (χ1n) is 6.54. The summed E-state index contributed by atoms with van der Waals surface area (Å²) in [5.41, 5.74) is -0.925. The first kappa shape index (κ1) is 15.2. The molecule has 1 amide bonds. The van der Waals surface area contributed by atoms with Gasteiger partial charge in [-0.3, -0.25) is 9.78 Å². The predicted octanol–water partition coefficient (Wildman–Crippen LogP) is 2.65. The molecule has 2 aromatic rings. The molecular formula is C15H12Cl2N2O3. The van der Waals surface area contributed by atoms with E-state index < -0.39 is 17.6 Å². The van der Waals surface area contributed by atoms with Crippen LogP contribution >= 0.6 is 23.2 Å². The molecule has 0 spiro atoms. The molecule has 0 aliphatic carbocycles. The fraction of sp³-hybridized carbons (Fsp3) is 0.200. The molecule has 1 aliphatic heterocycles. The summed E-state index contributed by atoms with van der Waals surface area (Å²) in [5, 5.41) is 24.1. The number of fused-ring (bicyclic) bond motifs is 1. The van der Waals surface area contributed by atoms with Crippen molar-refractivity contribution < 1.29 is 15.0 Å². The van der Waals surface area contributed by atoms with Crippen LogP contribution in [-0.4, -0.2) is 21.1 Å². The van der Waals surface area contributed by atoms with Gasteiger partial charge in [-0.25, -0.2) is 0 Å². The number of halogens is 2. The van der Waals surface area contributed by atoms with Crippen molar-refractivity contribution in [3.05, 3.63) is 57.8 Å². The average molecular weight is 339 g/mol. The normalized spacial score (nSPS) is 21.4. The molecule has 1 aromatic heterocycles. The average Bonchev–Trinajstić information content (AvgIpc) is 2.77. The van der Waals surface area contributed by atoms with Crippen molar-refractivity contribution in [3.8, 4) is 0 Å². The van der Waals surface area contributed by atoms with Gasteiger partial charge >= 0.3 is 0 Å². The minimum absolute atomic E-state index is 0.194. The second-order valence-electron chi connectivity index (χ2n) is 5.09. The molecule has 7 heteroatoms. The van der Waals surface area contributed by atoms with Gasteiger partial charge in [-0.15, -0.1) is 0 Å². The third-order valence-corrected chi connectivity index (χ3v) is 4.34. The van der Waals surface area contributed by atoms with Gasteiger partial charge in [0.15, 0.2) is 5.60 Å². The fourth-order valence-corrected chi connectivity index (χ4v) is 3.11. The van der Waals surface area contributed by atoms with Gasteiger partial charge in [-0.1, -0.05) is 23.2 Å². The molecule has 3 N–H and O–H groups in total. The van der Waals surface area contributed by atoms with Gasteiger partial charge in [-0.05, 0) is 29.8 Å². The Morgan fingerprint density at radius 2 is 1.82 bits per heavy atom. The van der Waals surface area contributed by atoms with E-state index in [1.54, 1.807) is 12.1 Å². The number of aliphatic hydroxyl groups is 2. The van der Waals surface area contributed by atoms with Gasteiger partial charge < -0.3 is 15.5 Å². The van der Waals surface area contributed by atoms with Gasteiger partial charge in [0.05, 0.1) is 16.8 Å². The standard InChI is InChI=1S/C15H12Cl2N2O3/c16-9-1-2-10(17)13-12(9)15(22,14(21)19-13)7-11(20)8-3-5-18-6-4-8/h1-6,11,20,22H,7H2,(H,19,21)/t11?,15-/m1/s1. The van der Waals surface area contributed by atoms with Crippen LogP contribution < -0.4 is 5.32 Å². The van der Waals surface area contributed by atoms with Gasteiger partial charge in [0.1, 0.15) is 0 Å². The summed E-state index contributed by atoms with van der Waals surface area (Å²) < 4.78 is 0. The minimum atomic E-state index is -1.94. The Morgan fingerprint density at radius 1 is 1.18 bits per heavy atom. The van der Waals surface area contributed by atoms with Gasteiger partial charge in [0, 0.05) is 29.4 Å². The van der Waals surface area contributed by atoms with E-state index in [0.29, 0.717) is 5.56 Å². The summed E-state index contributed by atoms with van der Waals surface area (Å²) in [4.78, 5) is 16.1. The molecule has 114 valence electrons. The number of amides is 1. The molecule has 22 heavy (non-hydrogen) atoms. The third-order valence-electron chi connectivity index (χ3n) is 3.71. The van der Waals surface area contributed by atoms with Crippen LogP contribution in [0.3, 0.4) is 0 Å². The summed E-state index contributed by atoms with van der Waals surface area (Å²) >= 11 is 12.2. The Kier molecular flexibility index (Phi) is 3.82. The first-order chi connectivity index (χ1) is 10.4. The lowest BCUT2D eigenvalue weighted by Crippen LogP contribution is -2.36. The molecule has 3 rings (SSSR count). The van der Waals surface area contributed by atoms with E-state index in [1.165, 1.54) is 24.5 Å². The Labute approximate surface area is 136 Å². The number of anilines is 1. The zero-order valence-corrected chi connectivity index (χ0v) is 12.8. The summed E-state index contributed by atoms with van der Waals surface area (Å²) in [7, 11) is 0. The van der Waals surface area contributed by atoms with Gasteiger partial charge in [0.25, 0.3) is 5.91 Å². The first-order valence-corrected chi connectivity index (χ1v) is 7.29. The molecule has 0 saturated heterocycles. The van der Waals surface area contributed by atoms with E-state index in [0.717, 1.165) is 0 Å². The number of aromatic nitrogens is 1. The SMILES string of the molecule is O=C1Nc2c(Cl)ccc(Cl)c2[C@]1(O)CC(O)c1ccncc1. The summed E-state index contributed by atoms with van der Waals surface area (Å²) in [6.45, 7) is 0. The smallest absolute Gasteiger partial charge is 0.261 e. The van der Waals surface area contributed by atoms with E-state index in [4.69, 9.17) is 23.2 Å². The molecule has 1 aromatic carbocycles. The van der Waals surface area contributed by atoms with E-state index in [2.05, 4.69) is 10.3 Å². The number of hydrogen-bond acceptors (Lipinski definition) is 4. The Hall–Kier alpha value is -1.66. The highest BCUT2D eigenvalue weighted by atomic mass is 35.5. The Bertz CT molecular complexity index is 739. The number of benzene rings is 1. The van der Waals surface area contributed by atoms with Crippen LogP contribution in [0, 0.1) is 0 Å². The lowest BCUT2D eigenvalue weighted by Gasteiger charge is -2.25. The second-order valence-corrected chi connectivity index (χ2v) is 5.91. The second kappa shape index (κ2) is 5.52. The lowest BCUT2D eigenvalue weighted by molar-refractivity contribution is -0.137. The molecule has 1 unspecified atom stereocenters. The van der Waals surface area contributed by atoms with E-state index in [-0.39, 0.29) is 27.7 Å². The van der Waals surface area contributed by atoms with Crippen LogP contribution in [0.5, 0.6) is 0 Å². The van der Waals surface area contributed by atoms with Gasteiger partial charge in [0.2, 0.25) is 0 Å². The topological polar surface area (TPSA) is 82.5 Å². The maximum atomic E-state index is 12.2. The van der Waals surface area contributed by atoms with Gasteiger partial charge in [-0.2, -0.15) is 0 Å². The van der Waals surface area contributed by atoms with Crippen molar-refractivity contribution in [1.82, 2.24) is 4.98 Å². The zero-order chi connectivity index (χ0) is 15.9. The molecular weight excluding hydrogens is 327 g/mol. The molecule has 0 saturated carbocycles. The fourth-order valence-electron chi connectivity index (χ4n) is 2.59. The third kappa shape index (κ3) is 2.36. The maximum absolute atomic E-state index is 12.2. The molecule has 5 nitrogen and oxygen atoms in total. The molecule has 2 heterocycles. The van der Waals surface area contributed by atoms with Crippen LogP contribution in [0.1, 0.15) is 23.7 Å². The summed E-state index contributed by atoms with van der Waals surface area (Å²) in [6, 6.07) is 6.27. The largest absolute Gasteiger partial charge is 0.388 e. The quantitative estimate of drug-likeness (QED) is 0.803. The molecule has 1 aliphatic rings. The van der Waals surface area contributed by atoms with Crippen LogP contribution in [-0.2, 0) is 10.4 Å². The summed E-state index contributed by atoms with van der Waals surface area (Å²) in [5.74, 6) is -0.661. The lowest BCUT2D eigenvalue weighted by atomic mass is 9.87. The number of pyridine rings is 1. The monoisotopic (exact) mass is 338 g/mol. The van der Waals surface area contributed by atoms with Crippen LogP contribution in [0.15, 0.2) is 36.7 Å². The minimum Gasteiger partial charge on any atom is -0.388 e. The molecule has 0 fully saturated rings. The zero-order valence-electron chi connectivity index (χ0n) is 11.3. The van der Waals surface area contributed by atoms with Crippen LogP contribution in [0.4, 0.5) is 5.69 Å². The number of carbonyl (C=O) groups excluding carboxylic acids is 1. The molecule has 2 atom stereocenters. The number of carbonyl (C=O) groups is 1. The Balaban J connectivity index is 2.01. The molecule has 0 bridgehead atoms. The number of nitrogens with one attached hydrogen (secondary N) is 1. The van der Waals surface area contributed by atoms with Crippen molar-refractivity contribution in [1.29, 1.82) is 0 Å². The number of nitrogens with zero attached hydrogens (tertiary/aromatic N) is 1. The van der Waals surface area contributed by atoms with E-state index in [1.807, 2.05) is 0 Å². The van der Waals surface area contributed by atoms with Crippen molar-refractivity contribution >= 4 is 34.8 Å². The van der Waals surface area contributed by atoms with Crippen molar-refractivity contribution in [3.63, 3.8) is 0 Å². The summed E-state index contributed by atoms with van der Waals surface area (Å²) in [6.07, 6.45) is 1.75. The van der Waals surface area contributed by atoms with Crippen molar-refractivity contribution in [2.45, 2.75) is 18.1 Å². The highest BCUT2D eigenvalue weighted by molar-refractivity contribution is 6.38. The highest BCUT2D eigenvalue weighted by Crippen LogP contribution is 2.47. The Morgan fingerprint density at radius 3 is 2.50 bits per heavy atom. The van der Waals surface area contributed by atoms with E-state index in [9.17, 15) is 15.0 Å². The van der Waals surface area contributed by atoms with Crippen LogP contribution in [0.25, 0.3) is 0 Å². The number of hydrogen-bond donors (Lipinski definition) is 3. The molecule has 0 radical (unpaired) electrons. The number of aliphatic hydroxyl groups excluding tert-OH is 1. The maximum Gasteiger partial charge on any atom is 0.261 e. The van der Waals surface area contributed by atoms with E-state index >= 15 is 0 Å². The number of rotatable bonds is 3. The van der Waals surface area contributed by atoms with Crippen molar-refractivity contribution in [2.24, 2.45) is 0 Å². The van der Waals surface area contributed by atoms with Crippen molar-refractivity contribution in [2.75, 3.05) is 5.32 Å².